The molecule has 0 spiro atoms. The Bertz CT molecular complexity index is 1120. The van der Waals surface area contributed by atoms with Crippen LogP contribution in [0.15, 0.2) is 48.5 Å². The van der Waals surface area contributed by atoms with Crippen LogP contribution in [0.2, 0.25) is 5.02 Å². The SMILES string of the molecule is Cc1nc(-c2cccc(Cl)c2)sc1C(=O)N1CSC[C@@H]1C(=O)Nc1ccccc1F. The van der Waals surface area contributed by atoms with Gasteiger partial charge in [-0.15, -0.1) is 23.1 Å². The normalized spacial score (nSPS) is 16.0. The van der Waals surface area contributed by atoms with Crippen LogP contribution in [0.5, 0.6) is 0 Å². The molecule has 3 aromatic rings. The number of para-hydroxylation sites is 1. The molecule has 0 aliphatic carbocycles. The van der Waals surface area contributed by atoms with Crippen molar-refractivity contribution < 1.29 is 14.0 Å². The third-order valence-corrected chi connectivity index (χ3v) is 7.08. The van der Waals surface area contributed by atoms with Crippen molar-refractivity contribution in [3.63, 3.8) is 0 Å². The van der Waals surface area contributed by atoms with Crippen molar-refractivity contribution in [1.82, 2.24) is 9.88 Å². The first kappa shape index (κ1) is 20.8. The fraction of sp³-hybridized carbons (Fsp3) is 0.190. The van der Waals surface area contributed by atoms with E-state index in [2.05, 4.69) is 10.3 Å². The molecule has 2 heterocycles. The van der Waals surface area contributed by atoms with Gasteiger partial charge in [0, 0.05) is 16.3 Å². The predicted molar refractivity (Wildman–Crippen MR) is 120 cm³/mol. The fourth-order valence-corrected chi connectivity index (χ4v) is 5.47. The van der Waals surface area contributed by atoms with Crippen LogP contribution in [0.25, 0.3) is 10.6 Å². The first-order chi connectivity index (χ1) is 14.4. The lowest BCUT2D eigenvalue weighted by atomic mass is 10.2. The Hall–Kier alpha value is -2.42. The summed E-state index contributed by atoms with van der Waals surface area (Å²) in [7, 11) is 0. The van der Waals surface area contributed by atoms with Gasteiger partial charge in [0.25, 0.3) is 5.91 Å². The van der Waals surface area contributed by atoms with Gasteiger partial charge in [0.15, 0.2) is 0 Å². The number of thiazole rings is 1. The number of hydrogen-bond acceptors (Lipinski definition) is 5. The minimum Gasteiger partial charge on any atom is -0.322 e. The van der Waals surface area contributed by atoms with Crippen molar-refractivity contribution in [2.45, 2.75) is 13.0 Å². The standard InChI is InChI=1S/C21H17ClFN3O2S2/c1-12-18(30-20(24-12)13-5-4-6-14(22)9-13)21(28)26-11-29-10-17(26)19(27)25-16-8-3-2-7-15(16)23/h2-9,17H,10-11H2,1H3,(H,25,27)/t17-/m1/s1. The number of aryl methyl sites for hydroxylation is 1. The zero-order chi connectivity index (χ0) is 21.3. The summed E-state index contributed by atoms with van der Waals surface area (Å²) in [5, 5.41) is 3.88. The number of thioether (sulfide) groups is 1. The van der Waals surface area contributed by atoms with Crippen LogP contribution < -0.4 is 5.32 Å². The van der Waals surface area contributed by atoms with Crippen LogP contribution in [-0.2, 0) is 4.79 Å². The number of nitrogens with zero attached hydrogens (tertiary/aromatic N) is 2. The molecule has 1 aliphatic heterocycles. The number of amides is 2. The average molecular weight is 462 g/mol. The molecule has 1 saturated heterocycles. The lowest BCUT2D eigenvalue weighted by molar-refractivity contribution is -0.119. The van der Waals surface area contributed by atoms with E-state index < -0.39 is 17.8 Å². The highest BCUT2D eigenvalue weighted by Crippen LogP contribution is 2.32. The molecule has 2 amide bonds. The Morgan fingerprint density at radius 3 is 2.80 bits per heavy atom. The lowest BCUT2D eigenvalue weighted by Crippen LogP contribution is -2.44. The predicted octanol–water partition coefficient (Wildman–Crippen LogP) is 5.06. The quantitative estimate of drug-likeness (QED) is 0.589. The average Bonchev–Trinajstić information content (AvgIpc) is 3.36. The van der Waals surface area contributed by atoms with Crippen molar-refractivity contribution in [1.29, 1.82) is 0 Å². The van der Waals surface area contributed by atoms with E-state index in [1.165, 1.54) is 40.1 Å². The first-order valence-electron chi connectivity index (χ1n) is 9.11. The topological polar surface area (TPSA) is 62.3 Å². The molecule has 30 heavy (non-hydrogen) atoms. The third kappa shape index (κ3) is 4.21. The molecule has 9 heteroatoms. The second-order valence-electron chi connectivity index (χ2n) is 6.70. The summed E-state index contributed by atoms with van der Waals surface area (Å²) >= 11 is 8.83. The maximum atomic E-state index is 13.9. The maximum Gasteiger partial charge on any atom is 0.267 e. The molecule has 0 unspecified atom stereocenters. The van der Waals surface area contributed by atoms with Crippen LogP contribution in [-0.4, -0.2) is 39.4 Å². The zero-order valence-corrected chi connectivity index (χ0v) is 18.3. The Labute approximate surface area is 186 Å². The van der Waals surface area contributed by atoms with E-state index in [1.54, 1.807) is 31.2 Å². The van der Waals surface area contributed by atoms with Gasteiger partial charge in [-0.3, -0.25) is 9.59 Å². The van der Waals surface area contributed by atoms with Crippen molar-refractivity contribution in [3.05, 3.63) is 69.9 Å². The Kier molecular flexibility index (Phi) is 6.08. The largest absolute Gasteiger partial charge is 0.322 e. The number of halogens is 2. The van der Waals surface area contributed by atoms with Crippen LogP contribution in [0.3, 0.4) is 0 Å². The van der Waals surface area contributed by atoms with E-state index >= 15 is 0 Å². The van der Waals surface area contributed by atoms with Crippen molar-refractivity contribution in [2.75, 3.05) is 16.9 Å². The first-order valence-corrected chi connectivity index (χ1v) is 11.5. The Balaban J connectivity index is 1.55. The molecule has 1 aromatic heterocycles. The highest BCUT2D eigenvalue weighted by Gasteiger charge is 2.36. The van der Waals surface area contributed by atoms with Gasteiger partial charge >= 0.3 is 0 Å². The molecule has 1 fully saturated rings. The smallest absolute Gasteiger partial charge is 0.267 e. The van der Waals surface area contributed by atoms with E-state index in [0.717, 1.165) is 5.56 Å². The van der Waals surface area contributed by atoms with Gasteiger partial charge < -0.3 is 10.2 Å². The summed E-state index contributed by atoms with van der Waals surface area (Å²) in [6.45, 7) is 1.77. The summed E-state index contributed by atoms with van der Waals surface area (Å²) in [5.41, 5.74) is 1.54. The van der Waals surface area contributed by atoms with Crippen LogP contribution in [0.4, 0.5) is 10.1 Å². The number of aromatic nitrogens is 1. The maximum absolute atomic E-state index is 13.9. The number of rotatable bonds is 4. The number of carbonyl (C=O) groups is 2. The molecule has 1 N–H and O–H groups in total. The summed E-state index contributed by atoms with van der Waals surface area (Å²) in [4.78, 5) is 32.5. The van der Waals surface area contributed by atoms with Gasteiger partial charge in [-0.05, 0) is 31.2 Å². The number of benzene rings is 2. The number of carbonyl (C=O) groups excluding carboxylic acids is 2. The number of hydrogen-bond donors (Lipinski definition) is 1. The Morgan fingerprint density at radius 2 is 2.03 bits per heavy atom. The fourth-order valence-electron chi connectivity index (χ4n) is 3.11. The number of anilines is 1. The molecule has 1 atom stereocenters. The Morgan fingerprint density at radius 1 is 1.23 bits per heavy atom. The summed E-state index contributed by atoms with van der Waals surface area (Å²) < 4.78 is 13.9. The monoisotopic (exact) mass is 461 g/mol. The number of nitrogens with one attached hydrogen (secondary N) is 1. The van der Waals surface area contributed by atoms with Gasteiger partial charge in [0.05, 0.1) is 17.3 Å². The molecule has 4 rings (SSSR count). The van der Waals surface area contributed by atoms with Crippen molar-refractivity contribution in [2.24, 2.45) is 0 Å². The van der Waals surface area contributed by atoms with Gasteiger partial charge in [-0.25, -0.2) is 9.37 Å². The second kappa shape index (κ2) is 8.75. The minimum absolute atomic E-state index is 0.101. The van der Waals surface area contributed by atoms with Gasteiger partial charge in [-0.1, -0.05) is 35.9 Å². The summed E-state index contributed by atoms with van der Waals surface area (Å²) in [5.74, 6) is -0.338. The van der Waals surface area contributed by atoms with Crippen LogP contribution in [0, 0.1) is 12.7 Å². The van der Waals surface area contributed by atoms with Gasteiger partial charge in [0.1, 0.15) is 21.7 Å². The minimum atomic E-state index is -0.682. The van der Waals surface area contributed by atoms with E-state index in [0.29, 0.717) is 32.2 Å². The highest BCUT2D eigenvalue weighted by atomic mass is 35.5. The molecular weight excluding hydrogens is 445 g/mol. The van der Waals surface area contributed by atoms with E-state index in [4.69, 9.17) is 11.6 Å². The molecule has 1 aliphatic rings. The molecule has 2 aromatic carbocycles. The molecule has 154 valence electrons. The zero-order valence-electron chi connectivity index (χ0n) is 15.9. The molecule has 5 nitrogen and oxygen atoms in total. The van der Waals surface area contributed by atoms with E-state index in [9.17, 15) is 14.0 Å². The summed E-state index contributed by atoms with van der Waals surface area (Å²) in [6.07, 6.45) is 0. The van der Waals surface area contributed by atoms with Crippen molar-refractivity contribution in [3.8, 4) is 10.6 Å². The summed E-state index contributed by atoms with van der Waals surface area (Å²) in [6, 6.07) is 12.6. The van der Waals surface area contributed by atoms with E-state index in [-0.39, 0.29) is 11.6 Å². The lowest BCUT2D eigenvalue weighted by Gasteiger charge is -2.22. The molecule has 0 saturated carbocycles. The van der Waals surface area contributed by atoms with E-state index in [1.807, 2.05) is 12.1 Å². The van der Waals surface area contributed by atoms with Crippen molar-refractivity contribution >= 4 is 52.2 Å². The molecule has 0 radical (unpaired) electrons. The second-order valence-corrected chi connectivity index (χ2v) is 9.14. The highest BCUT2D eigenvalue weighted by molar-refractivity contribution is 7.99. The van der Waals surface area contributed by atoms with Gasteiger partial charge in [0.2, 0.25) is 5.91 Å². The molecular formula is C21H17ClFN3O2S2. The van der Waals surface area contributed by atoms with Crippen LogP contribution in [0.1, 0.15) is 15.4 Å². The van der Waals surface area contributed by atoms with Gasteiger partial charge in [-0.2, -0.15) is 0 Å². The van der Waals surface area contributed by atoms with Crippen LogP contribution >= 0.6 is 34.7 Å². The third-order valence-electron chi connectivity index (χ3n) is 4.64. The molecule has 0 bridgehead atoms.